The van der Waals surface area contributed by atoms with Crippen molar-refractivity contribution in [2.75, 3.05) is 6.73 Å². The van der Waals surface area contributed by atoms with Crippen molar-refractivity contribution >= 4 is 27.5 Å². The number of amides is 1. The van der Waals surface area contributed by atoms with Crippen LogP contribution in [0.25, 0.3) is 0 Å². The zero-order valence-corrected chi connectivity index (χ0v) is 8.34. The first-order valence-corrected chi connectivity index (χ1v) is 5.78. The summed E-state index contributed by atoms with van der Waals surface area (Å²) >= 11 is 1.20. The summed E-state index contributed by atoms with van der Waals surface area (Å²) in [6.45, 7) is -0.238. The Morgan fingerprint density at radius 1 is 1.71 bits per heavy atom. The van der Waals surface area contributed by atoms with E-state index in [0.29, 0.717) is 4.41 Å². The van der Waals surface area contributed by atoms with Crippen molar-refractivity contribution in [3.8, 4) is 0 Å². The van der Waals surface area contributed by atoms with Crippen LogP contribution in [-0.2, 0) is 14.5 Å². The highest BCUT2D eigenvalue weighted by atomic mass is 32.2. The van der Waals surface area contributed by atoms with E-state index in [-0.39, 0.29) is 12.4 Å². The maximum absolute atomic E-state index is 11.5. The molecule has 1 aliphatic rings. The third-order valence-corrected chi connectivity index (χ3v) is 3.22. The molecule has 76 valence electrons. The van der Waals surface area contributed by atoms with Crippen LogP contribution in [0.1, 0.15) is 10.5 Å². The summed E-state index contributed by atoms with van der Waals surface area (Å²) in [5.74, 6) is -0.747. The molecule has 1 fully saturated rings. The molecular weight excluding hydrogens is 230 g/mol. The second-order valence-electron chi connectivity index (χ2n) is 2.32. The lowest BCUT2D eigenvalue weighted by Gasteiger charge is -2.09. The molecule has 0 aliphatic carbocycles. The van der Waals surface area contributed by atoms with E-state index >= 15 is 0 Å². The van der Waals surface area contributed by atoms with Crippen LogP contribution >= 0.6 is 11.3 Å². The lowest BCUT2D eigenvalue weighted by atomic mass is 10.5. The molecule has 0 aromatic carbocycles. The van der Waals surface area contributed by atoms with Crippen LogP contribution in [0, 0.1) is 0 Å². The van der Waals surface area contributed by atoms with Gasteiger partial charge in [0, 0.05) is 5.38 Å². The van der Waals surface area contributed by atoms with E-state index in [1.807, 2.05) is 0 Å². The van der Waals surface area contributed by atoms with E-state index in [4.69, 9.17) is 0 Å². The van der Waals surface area contributed by atoms with E-state index in [1.165, 1.54) is 22.2 Å². The Labute approximate surface area is 83.5 Å². The number of thiazole rings is 1. The highest BCUT2D eigenvalue weighted by molar-refractivity contribution is 7.85. The van der Waals surface area contributed by atoms with Crippen molar-refractivity contribution in [2.45, 2.75) is 0 Å². The van der Waals surface area contributed by atoms with Crippen molar-refractivity contribution in [3.63, 3.8) is 0 Å². The fourth-order valence-electron chi connectivity index (χ4n) is 0.887. The number of hydrogen-bond donors (Lipinski definition) is 1. The number of hydrazine groups is 1. The van der Waals surface area contributed by atoms with Crippen LogP contribution in [-0.4, -0.2) is 30.5 Å². The summed E-state index contributed by atoms with van der Waals surface area (Å²) in [7, 11) is -3.98. The molecule has 9 heteroatoms. The number of carbonyl (C=O) groups is 1. The van der Waals surface area contributed by atoms with Crippen molar-refractivity contribution in [2.24, 2.45) is 0 Å². The van der Waals surface area contributed by atoms with Crippen LogP contribution in [0.5, 0.6) is 0 Å². The van der Waals surface area contributed by atoms with Gasteiger partial charge in [-0.05, 0) is 0 Å². The maximum atomic E-state index is 11.5. The van der Waals surface area contributed by atoms with Gasteiger partial charge in [-0.2, -0.15) is 13.8 Å². The van der Waals surface area contributed by atoms with E-state index in [2.05, 4.69) is 14.6 Å². The van der Waals surface area contributed by atoms with Crippen LogP contribution in [0.2, 0.25) is 0 Å². The average molecular weight is 235 g/mol. The van der Waals surface area contributed by atoms with E-state index in [9.17, 15) is 13.2 Å². The van der Waals surface area contributed by atoms with Gasteiger partial charge in [0.25, 0.3) is 0 Å². The second-order valence-corrected chi connectivity index (χ2v) is 4.50. The number of hydrogen-bond acceptors (Lipinski definition) is 7. The third-order valence-electron chi connectivity index (χ3n) is 1.48. The largest absolute Gasteiger partial charge is 0.380 e. The first-order chi connectivity index (χ1) is 6.61. The molecule has 1 aliphatic heterocycles. The third kappa shape index (κ3) is 1.50. The molecule has 1 N–H and O–H groups in total. The Morgan fingerprint density at radius 3 is 3.00 bits per heavy atom. The van der Waals surface area contributed by atoms with Crippen molar-refractivity contribution in [1.29, 1.82) is 0 Å². The Balaban J connectivity index is 2.29. The zero-order chi connectivity index (χ0) is 10.2. The van der Waals surface area contributed by atoms with Gasteiger partial charge in [-0.3, -0.25) is 4.79 Å². The lowest BCUT2D eigenvalue weighted by Crippen LogP contribution is -2.39. The standard InChI is InChI=1S/C5H5N3O4S2/c9-5(4-1-13-3-6-4)8-7-2-12-14(8,10)11/h1,3,7H,2H2. The Hall–Kier alpha value is -1.03. The summed E-state index contributed by atoms with van der Waals surface area (Å²) in [5, 5.41) is 1.46. The predicted octanol–water partition coefficient (Wildman–Crippen LogP) is -0.678. The molecule has 0 unspecified atom stereocenters. The minimum Gasteiger partial charge on any atom is -0.265 e. The van der Waals surface area contributed by atoms with Gasteiger partial charge in [-0.15, -0.1) is 15.8 Å². The first-order valence-electron chi connectivity index (χ1n) is 3.47. The monoisotopic (exact) mass is 235 g/mol. The first kappa shape index (κ1) is 9.52. The van der Waals surface area contributed by atoms with Crippen LogP contribution in [0.15, 0.2) is 10.9 Å². The molecule has 1 aromatic rings. The van der Waals surface area contributed by atoms with Gasteiger partial charge >= 0.3 is 16.2 Å². The Bertz CT molecular complexity index is 440. The molecule has 0 bridgehead atoms. The molecule has 0 atom stereocenters. The molecule has 0 radical (unpaired) electrons. The van der Waals surface area contributed by atoms with Gasteiger partial charge < -0.3 is 0 Å². The lowest BCUT2D eigenvalue weighted by molar-refractivity contribution is 0.0820. The van der Waals surface area contributed by atoms with E-state index in [0.717, 1.165) is 0 Å². The number of aromatic nitrogens is 1. The van der Waals surface area contributed by atoms with Crippen molar-refractivity contribution in [3.05, 3.63) is 16.6 Å². The van der Waals surface area contributed by atoms with Crippen LogP contribution < -0.4 is 5.43 Å². The summed E-state index contributed by atoms with van der Waals surface area (Å²) in [5.41, 5.74) is 3.78. The van der Waals surface area contributed by atoms with Crippen LogP contribution in [0.3, 0.4) is 0 Å². The Kier molecular flexibility index (Phi) is 2.23. The van der Waals surface area contributed by atoms with Gasteiger partial charge in [0.05, 0.1) is 5.51 Å². The summed E-state index contributed by atoms with van der Waals surface area (Å²) < 4.78 is 26.9. The Morgan fingerprint density at radius 2 is 2.50 bits per heavy atom. The van der Waals surface area contributed by atoms with E-state index < -0.39 is 16.2 Å². The fraction of sp³-hybridized carbons (Fsp3) is 0.200. The van der Waals surface area contributed by atoms with Gasteiger partial charge in [0.1, 0.15) is 12.4 Å². The molecule has 0 saturated carbocycles. The molecule has 14 heavy (non-hydrogen) atoms. The highest BCUT2D eigenvalue weighted by Gasteiger charge is 2.35. The molecule has 2 rings (SSSR count). The summed E-state index contributed by atoms with van der Waals surface area (Å²) in [4.78, 5) is 15.2. The number of rotatable bonds is 1. The normalized spacial score (nSPS) is 19.9. The average Bonchev–Trinajstić information content (AvgIpc) is 2.71. The van der Waals surface area contributed by atoms with Crippen molar-refractivity contribution in [1.82, 2.24) is 14.8 Å². The van der Waals surface area contributed by atoms with Gasteiger partial charge in [0.15, 0.2) is 0 Å². The predicted molar refractivity (Wildman–Crippen MR) is 46.3 cm³/mol. The second kappa shape index (κ2) is 3.28. The minimum atomic E-state index is -3.98. The topological polar surface area (TPSA) is 88.6 Å². The number of nitrogens with one attached hydrogen (secondary N) is 1. The van der Waals surface area contributed by atoms with E-state index in [1.54, 1.807) is 0 Å². The zero-order valence-electron chi connectivity index (χ0n) is 6.71. The number of carbonyl (C=O) groups excluding carboxylic acids is 1. The maximum Gasteiger partial charge on any atom is 0.380 e. The molecular formula is C5H5N3O4S2. The van der Waals surface area contributed by atoms with Gasteiger partial charge in [-0.25, -0.2) is 9.17 Å². The molecule has 1 amide bonds. The molecule has 2 heterocycles. The molecule has 0 spiro atoms. The molecule has 1 saturated heterocycles. The summed E-state index contributed by atoms with van der Waals surface area (Å²) in [6, 6.07) is 0. The van der Waals surface area contributed by atoms with Gasteiger partial charge in [0.2, 0.25) is 0 Å². The highest BCUT2D eigenvalue weighted by Crippen LogP contribution is 2.12. The minimum absolute atomic E-state index is 0.0663. The van der Waals surface area contributed by atoms with Gasteiger partial charge in [-0.1, -0.05) is 0 Å². The molecule has 7 nitrogen and oxygen atoms in total. The van der Waals surface area contributed by atoms with Crippen LogP contribution in [0.4, 0.5) is 0 Å². The SMILES string of the molecule is O=C(c1cscn1)N1NCOS1(=O)=O. The fourth-order valence-corrected chi connectivity index (χ4v) is 2.23. The quantitative estimate of drug-likeness (QED) is 0.694. The molecule has 1 aromatic heterocycles. The van der Waals surface area contributed by atoms with Crippen molar-refractivity contribution < 1.29 is 17.4 Å². The smallest absolute Gasteiger partial charge is 0.265 e. The number of nitrogens with zero attached hydrogens (tertiary/aromatic N) is 2. The summed E-state index contributed by atoms with van der Waals surface area (Å²) in [6.07, 6.45) is 0.